The van der Waals surface area contributed by atoms with E-state index in [0.717, 1.165) is 6.42 Å². The molecule has 0 radical (unpaired) electrons. The third kappa shape index (κ3) is 3.60. The van der Waals surface area contributed by atoms with Crippen molar-refractivity contribution >= 4 is 5.97 Å². The molecule has 0 amide bonds. The van der Waals surface area contributed by atoms with E-state index in [4.69, 9.17) is 5.11 Å². The number of hydrogen-bond donors (Lipinski definition) is 1. The predicted octanol–water partition coefficient (Wildman–Crippen LogP) is 6.56. The van der Waals surface area contributed by atoms with Gasteiger partial charge in [-0.3, -0.25) is 0 Å². The van der Waals surface area contributed by atoms with Crippen LogP contribution in [0.15, 0.2) is 48.6 Å². The van der Waals surface area contributed by atoms with E-state index in [9.17, 15) is 4.79 Å². The lowest BCUT2D eigenvalue weighted by Crippen LogP contribution is -2.52. The number of fused-ring (bicyclic) bond motifs is 3. The van der Waals surface area contributed by atoms with Crippen LogP contribution in [-0.4, -0.2) is 11.1 Å². The zero-order chi connectivity index (χ0) is 19.9. The summed E-state index contributed by atoms with van der Waals surface area (Å²) in [6, 6.07) is 0. The van der Waals surface area contributed by atoms with Gasteiger partial charge < -0.3 is 5.11 Å². The van der Waals surface area contributed by atoms with Crippen LogP contribution in [-0.2, 0) is 4.79 Å². The largest absolute Gasteiger partial charge is 0.478 e. The lowest BCUT2D eigenvalue weighted by molar-refractivity contribution is -0.131. The lowest BCUT2D eigenvalue weighted by Gasteiger charge is -2.61. The van der Waals surface area contributed by atoms with Crippen molar-refractivity contribution < 1.29 is 9.90 Å². The third-order valence-corrected chi connectivity index (χ3v) is 8.09. The molecule has 1 unspecified atom stereocenters. The van der Waals surface area contributed by atoms with E-state index in [-0.39, 0.29) is 10.8 Å². The van der Waals surface area contributed by atoms with Gasteiger partial charge in [0.1, 0.15) is 0 Å². The predicted molar refractivity (Wildman–Crippen MR) is 112 cm³/mol. The number of carboxylic acid groups (broad SMARTS) is 1. The Morgan fingerprint density at radius 2 is 1.93 bits per heavy atom. The number of carbonyl (C=O) groups is 1. The first-order valence-electron chi connectivity index (χ1n) is 10.5. The quantitative estimate of drug-likeness (QED) is 0.346. The molecule has 2 nitrogen and oxygen atoms in total. The summed E-state index contributed by atoms with van der Waals surface area (Å²) in [5, 5.41) is 8.85. The van der Waals surface area contributed by atoms with Gasteiger partial charge in [-0.05, 0) is 72.5 Å². The monoisotopic (exact) mass is 368 g/mol. The summed E-state index contributed by atoms with van der Waals surface area (Å²) < 4.78 is 0. The second-order valence-corrected chi connectivity index (χ2v) is 10.3. The minimum atomic E-state index is -0.884. The average Bonchev–Trinajstić information content (AvgIpc) is 2.59. The van der Waals surface area contributed by atoms with E-state index in [1.165, 1.54) is 38.2 Å². The highest BCUT2D eigenvalue weighted by Gasteiger charge is 2.56. The van der Waals surface area contributed by atoms with Gasteiger partial charge >= 0.3 is 5.97 Å². The summed E-state index contributed by atoms with van der Waals surface area (Å²) in [6.07, 6.45) is 19.2. The molecule has 2 heteroatoms. The lowest BCUT2D eigenvalue weighted by atomic mass is 9.43. The van der Waals surface area contributed by atoms with Crippen molar-refractivity contribution in [3.63, 3.8) is 0 Å². The zero-order valence-electron chi connectivity index (χ0n) is 17.5. The Balaban J connectivity index is 1.98. The zero-order valence-corrected chi connectivity index (χ0v) is 17.5. The Labute approximate surface area is 165 Å². The summed E-state index contributed by atoms with van der Waals surface area (Å²) in [5.74, 6) is 0.954. The van der Waals surface area contributed by atoms with Crippen LogP contribution < -0.4 is 0 Å². The Morgan fingerprint density at radius 3 is 2.59 bits per heavy atom. The molecule has 3 aliphatic carbocycles. The van der Waals surface area contributed by atoms with Crippen molar-refractivity contribution in [3.8, 4) is 0 Å². The first kappa shape index (κ1) is 20.2. The molecule has 3 rings (SSSR count). The molecule has 2 fully saturated rings. The molecule has 0 spiro atoms. The normalized spacial score (nSPS) is 41.0. The Hall–Kier alpha value is -1.57. The Morgan fingerprint density at radius 1 is 1.19 bits per heavy atom. The van der Waals surface area contributed by atoms with Crippen LogP contribution in [0.1, 0.15) is 66.2 Å². The summed E-state index contributed by atoms with van der Waals surface area (Å²) >= 11 is 0. The molecule has 27 heavy (non-hydrogen) atoms. The summed E-state index contributed by atoms with van der Waals surface area (Å²) in [6.45, 7) is 13.9. The fraction of sp³-hybridized carbons (Fsp3) is 0.640. The van der Waals surface area contributed by atoms with E-state index in [0.29, 0.717) is 23.2 Å². The number of hydrogen-bond acceptors (Lipinski definition) is 1. The molecule has 5 atom stereocenters. The number of allylic oxidation sites excluding steroid dienone is 6. The summed E-state index contributed by atoms with van der Waals surface area (Å²) in [4.78, 5) is 10.8. The standard InChI is InChI=1S/C25H36O2/c1-6-24(4)16-14-20-18(17-24)11-12-21-23(2,3)15-13-19(25(20,21)5)9-7-8-10-22(26)27/h6-10,14,18-19,21H,1,11-13,15-17H2,2-5H3,(H,26,27)/b9-7+,10-8+/t18-,19?,21-,24+,25+/m0/s1. The van der Waals surface area contributed by atoms with Gasteiger partial charge in [0, 0.05) is 6.08 Å². The van der Waals surface area contributed by atoms with Gasteiger partial charge in [-0.15, -0.1) is 6.58 Å². The highest BCUT2D eigenvalue weighted by molar-refractivity contribution is 5.80. The first-order chi connectivity index (χ1) is 12.6. The molecule has 0 bridgehead atoms. The average molecular weight is 369 g/mol. The maximum atomic E-state index is 10.8. The van der Waals surface area contributed by atoms with Crippen LogP contribution >= 0.6 is 0 Å². The molecule has 0 aliphatic heterocycles. The van der Waals surface area contributed by atoms with E-state index in [1.807, 2.05) is 6.08 Å². The van der Waals surface area contributed by atoms with Crippen molar-refractivity contribution in [2.45, 2.75) is 66.2 Å². The van der Waals surface area contributed by atoms with Gasteiger partial charge in [0.05, 0.1) is 0 Å². The van der Waals surface area contributed by atoms with Crippen LogP contribution in [0.3, 0.4) is 0 Å². The smallest absolute Gasteiger partial charge is 0.328 e. The van der Waals surface area contributed by atoms with Gasteiger partial charge in [-0.25, -0.2) is 4.79 Å². The second kappa shape index (κ2) is 7.11. The van der Waals surface area contributed by atoms with Gasteiger partial charge in [-0.2, -0.15) is 0 Å². The van der Waals surface area contributed by atoms with Crippen molar-refractivity contribution in [1.29, 1.82) is 0 Å². The molecule has 0 aromatic carbocycles. The fourth-order valence-corrected chi connectivity index (χ4v) is 6.53. The highest BCUT2D eigenvalue weighted by atomic mass is 16.4. The van der Waals surface area contributed by atoms with Gasteiger partial charge in [0.15, 0.2) is 0 Å². The fourth-order valence-electron chi connectivity index (χ4n) is 6.53. The van der Waals surface area contributed by atoms with Gasteiger partial charge in [0.2, 0.25) is 0 Å². The minimum Gasteiger partial charge on any atom is -0.478 e. The Bertz CT molecular complexity index is 695. The van der Waals surface area contributed by atoms with Crippen LogP contribution in [0, 0.1) is 34.0 Å². The molecular formula is C25H36O2. The molecule has 148 valence electrons. The molecule has 0 heterocycles. The summed E-state index contributed by atoms with van der Waals surface area (Å²) in [7, 11) is 0. The number of aliphatic carboxylic acids is 1. The van der Waals surface area contributed by atoms with Crippen LogP contribution in [0.25, 0.3) is 0 Å². The van der Waals surface area contributed by atoms with Gasteiger partial charge in [-0.1, -0.05) is 63.6 Å². The molecule has 0 aromatic heterocycles. The van der Waals surface area contributed by atoms with Crippen LogP contribution in [0.2, 0.25) is 0 Å². The first-order valence-corrected chi connectivity index (χ1v) is 10.5. The molecule has 3 aliphatic rings. The van der Waals surface area contributed by atoms with E-state index in [1.54, 1.807) is 11.6 Å². The SMILES string of the molecule is C=C[C@]1(C)CC=C2[C@@H](CC[C@H]3C(C)(C)CCC(/C=C/C=C/C(=O)O)[C@]23C)C1. The molecular weight excluding hydrogens is 332 g/mol. The molecule has 0 saturated heterocycles. The van der Waals surface area contributed by atoms with Crippen molar-refractivity contribution in [2.75, 3.05) is 0 Å². The molecule has 2 saturated carbocycles. The second-order valence-electron chi connectivity index (χ2n) is 10.3. The topological polar surface area (TPSA) is 37.3 Å². The molecule has 0 aromatic rings. The van der Waals surface area contributed by atoms with Crippen LogP contribution in [0.5, 0.6) is 0 Å². The minimum absolute atomic E-state index is 0.181. The van der Waals surface area contributed by atoms with E-state index >= 15 is 0 Å². The Kier molecular flexibility index (Phi) is 5.31. The molecule has 1 N–H and O–H groups in total. The number of rotatable bonds is 4. The van der Waals surface area contributed by atoms with Crippen molar-refractivity contribution in [1.82, 2.24) is 0 Å². The maximum Gasteiger partial charge on any atom is 0.328 e. The van der Waals surface area contributed by atoms with Crippen molar-refractivity contribution in [3.05, 3.63) is 48.6 Å². The van der Waals surface area contributed by atoms with Gasteiger partial charge in [0.25, 0.3) is 0 Å². The maximum absolute atomic E-state index is 10.8. The van der Waals surface area contributed by atoms with E-state index < -0.39 is 5.97 Å². The van der Waals surface area contributed by atoms with Crippen LogP contribution in [0.4, 0.5) is 0 Å². The summed E-state index contributed by atoms with van der Waals surface area (Å²) in [5.41, 5.74) is 2.46. The number of carboxylic acids is 1. The third-order valence-electron chi connectivity index (χ3n) is 8.09. The van der Waals surface area contributed by atoms with E-state index in [2.05, 4.69) is 52.5 Å². The highest BCUT2D eigenvalue weighted by Crippen LogP contribution is 2.65. The van der Waals surface area contributed by atoms with Crippen molar-refractivity contribution in [2.24, 2.45) is 34.0 Å².